The number of carbonyl (C=O) groups is 1. The van der Waals surface area contributed by atoms with Gasteiger partial charge in [-0.2, -0.15) is 5.10 Å². The summed E-state index contributed by atoms with van der Waals surface area (Å²) in [6, 6.07) is 20.0. The van der Waals surface area contributed by atoms with Crippen molar-refractivity contribution in [2.24, 2.45) is 18.9 Å². The molecule has 2 fully saturated rings. The van der Waals surface area contributed by atoms with E-state index >= 15 is 0 Å². The highest BCUT2D eigenvalue weighted by Crippen LogP contribution is 2.39. The number of rotatable bonds is 7. The van der Waals surface area contributed by atoms with Gasteiger partial charge in [0, 0.05) is 49.9 Å². The summed E-state index contributed by atoms with van der Waals surface area (Å²) in [7, 11) is 2.00. The quantitative estimate of drug-likeness (QED) is 0.403. The van der Waals surface area contributed by atoms with Crippen LogP contribution in [0.4, 0.5) is 0 Å². The summed E-state index contributed by atoms with van der Waals surface area (Å²) in [6.07, 6.45) is 3.93. The van der Waals surface area contributed by atoms with Gasteiger partial charge in [-0.25, -0.2) is 4.98 Å². The third kappa shape index (κ3) is 4.83. The van der Waals surface area contributed by atoms with Crippen molar-refractivity contribution in [2.45, 2.75) is 32.4 Å². The van der Waals surface area contributed by atoms with Crippen LogP contribution in [0.2, 0.25) is 0 Å². The van der Waals surface area contributed by atoms with Gasteiger partial charge in [-0.1, -0.05) is 18.2 Å². The smallest absolute Gasteiger partial charge is 0.252 e. The van der Waals surface area contributed by atoms with Gasteiger partial charge in [0.05, 0.1) is 29.1 Å². The number of ether oxygens (including phenoxy) is 1. The Morgan fingerprint density at radius 2 is 1.81 bits per heavy atom. The minimum absolute atomic E-state index is 0.0116. The Bertz CT molecular complexity index is 1400. The highest BCUT2D eigenvalue weighted by atomic mass is 16.5. The zero-order valence-electron chi connectivity index (χ0n) is 21.4. The van der Waals surface area contributed by atoms with Crippen LogP contribution < -0.4 is 10.1 Å². The molecule has 3 atom stereocenters. The fourth-order valence-corrected chi connectivity index (χ4v) is 6.09. The van der Waals surface area contributed by atoms with E-state index in [1.165, 1.54) is 5.69 Å². The fraction of sp³-hybridized carbons (Fsp3) is 0.367. The number of benzene rings is 2. The number of carbonyl (C=O) groups excluding carboxylic acids is 1. The topological polar surface area (TPSA) is 72.3 Å². The van der Waals surface area contributed by atoms with Crippen LogP contribution in [-0.2, 0) is 13.6 Å². The summed E-state index contributed by atoms with van der Waals surface area (Å²) in [4.78, 5) is 21.0. The molecule has 1 unspecified atom stereocenters. The molecule has 4 aromatic rings. The van der Waals surface area contributed by atoms with Crippen molar-refractivity contribution in [2.75, 3.05) is 19.7 Å². The number of hydrogen-bond donors (Lipinski definition) is 1. The second-order valence-electron chi connectivity index (χ2n) is 10.3. The maximum Gasteiger partial charge on any atom is 0.252 e. The van der Waals surface area contributed by atoms with E-state index in [0.717, 1.165) is 60.4 Å². The van der Waals surface area contributed by atoms with Crippen LogP contribution in [0.5, 0.6) is 5.75 Å². The van der Waals surface area contributed by atoms with Crippen molar-refractivity contribution in [3.05, 3.63) is 78.1 Å². The molecule has 37 heavy (non-hydrogen) atoms. The molecule has 0 spiro atoms. The van der Waals surface area contributed by atoms with Crippen LogP contribution in [0.25, 0.3) is 22.2 Å². The van der Waals surface area contributed by atoms with Crippen LogP contribution in [0.15, 0.2) is 66.9 Å². The molecule has 2 aliphatic rings. The van der Waals surface area contributed by atoms with Gasteiger partial charge in [-0.05, 0) is 74.1 Å². The summed E-state index contributed by atoms with van der Waals surface area (Å²) in [5, 5.41) is 8.55. The number of fused-ring (bicyclic) bond motifs is 2. The van der Waals surface area contributed by atoms with Crippen LogP contribution in [0.1, 0.15) is 35.8 Å². The zero-order valence-corrected chi connectivity index (χ0v) is 21.4. The monoisotopic (exact) mass is 495 g/mol. The fourth-order valence-electron chi connectivity index (χ4n) is 6.09. The van der Waals surface area contributed by atoms with Crippen LogP contribution in [0.3, 0.4) is 0 Å². The molecular formula is C30H33N5O2. The largest absolute Gasteiger partial charge is 0.494 e. The molecule has 1 aliphatic carbocycles. The summed E-state index contributed by atoms with van der Waals surface area (Å²) in [5.41, 5.74) is 4.52. The van der Waals surface area contributed by atoms with Crippen molar-refractivity contribution in [3.63, 3.8) is 0 Å². The molecule has 1 N–H and O–H groups in total. The van der Waals surface area contributed by atoms with Gasteiger partial charge in [0.2, 0.25) is 0 Å². The molecule has 1 amide bonds. The predicted molar refractivity (Wildman–Crippen MR) is 144 cm³/mol. The van der Waals surface area contributed by atoms with Crippen molar-refractivity contribution in [1.29, 1.82) is 0 Å². The Morgan fingerprint density at radius 1 is 1.05 bits per heavy atom. The van der Waals surface area contributed by atoms with E-state index in [1.54, 1.807) is 0 Å². The van der Waals surface area contributed by atoms with Crippen LogP contribution >= 0.6 is 0 Å². The molecule has 1 aliphatic heterocycles. The van der Waals surface area contributed by atoms with Gasteiger partial charge in [-0.15, -0.1) is 0 Å². The van der Waals surface area contributed by atoms with Gasteiger partial charge in [0.25, 0.3) is 5.91 Å². The highest BCUT2D eigenvalue weighted by Gasteiger charge is 2.41. The molecule has 0 bridgehead atoms. The Hall–Kier alpha value is -3.71. The maximum atomic E-state index is 13.6. The molecule has 190 valence electrons. The number of pyridine rings is 1. The Morgan fingerprint density at radius 3 is 2.51 bits per heavy atom. The van der Waals surface area contributed by atoms with E-state index in [2.05, 4.69) is 21.4 Å². The number of likely N-dealkylation sites (tertiary alicyclic amines) is 1. The number of para-hydroxylation sites is 1. The van der Waals surface area contributed by atoms with Crippen LogP contribution in [0, 0.1) is 11.8 Å². The summed E-state index contributed by atoms with van der Waals surface area (Å²) in [6.45, 7) is 5.71. The average Bonchev–Trinajstić information content (AvgIpc) is 3.59. The lowest BCUT2D eigenvalue weighted by Crippen LogP contribution is -2.35. The Balaban J connectivity index is 1.17. The van der Waals surface area contributed by atoms with Crippen molar-refractivity contribution in [3.8, 4) is 17.0 Å². The van der Waals surface area contributed by atoms with E-state index in [-0.39, 0.29) is 11.9 Å². The molecule has 7 nitrogen and oxygen atoms in total. The predicted octanol–water partition coefficient (Wildman–Crippen LogP) is 4.67. The number of hydrogen-bond acceptors (Lipinski definition) is 5. The minimum Gasteiger partial charge on any atom is -0.494 e. The first-order chi connectivity index (χ1) is 18.1. The van der Waals surface area contributed by atoms with E-state index < -0.39 is 0 Å². The van der Waals surface area contributed by atoms with Gasteiger partial charge in [0.15, 0.2) is 0 Å². The first-order valence-electron chi connectivity index (χ1n) is 13.2. The minimum atomic E-state index is -0.0116. The SMILES string of the molecule is CCOc1ccc(-c2cc(C(=O)NC3C[C@@H]4CN(Cc5ccnn5C)C[C@@H]4C3)c3ccccc3n2)cc1. The number of aromatic nitrogens is 3. The summed E-state index contributed by atoms with van der Waals surface area (Å²) in [5.74, 6) is 2.08. The molecule has 3 heterocycles. The van der Waals surface area contributed by atoms with Crippen LogP contribution in [-0.4, -0.2) is 51.3 Å². The van der Waals surface area contributed by atoms with Gasteiger partial charge < -0.3 is 10.1 Å². The molecule has 2 aromatic heterocycles. The van der Waals surface area contributed by atoms with E-state index in [9.17, 15) is 4.79 Å². The second kappa shape index (κ2) is 9.98. The lowest BCUT2D eigenvalue weighted by atomic mass is 10.0. The first kappa shape index (κ1) is 23.7. The summed E-state index contributed by atoms with van der Waals surface area (Å²) < 4.78 is 7.54. The normalized spacial score (nSPS) is 21.3. The second-order valence-corrected chi connectivity index (χ2v) is 10.3. The third-order valence-corrected chi connectivity index (χ3v) is 7.89. The molecule has 6 rings (SSSR count). The maximum absolute atomic E-state index is 13.6. The molecular weight excluding hydrogens is 462 g/mol. The molecule has 1 saturated carbocycles. The van der Waals surface area contributed by atoms with Gasteiger partial charge in [0.1, 0.15) is 5.75 Å². The average molecular weight is 496 g/mol. The van der Waals surface area contributed by atoms with E-state index in [4.69, 9.17) is 9.72 Å². The molecule has 0 radical (unpaired) electrons. The standard InChI is InChI=1S/C30H33N5O2/c1-3-37-25-10-8-20(9-11-25)29-16-27(26-6-4-5-7-28(26)33-29)30(36)32-23-14-21-17-35(18-22(21)15-23)19-24-12-13-31-34(24)2/h4-13,16,21-23H,3,14-15,17-19H2,1-2H3,(H,32,36)/t21-,22+,23?. The van der Waals surface area contributed by atoms with E-state index in [1.807, 2.05) is 79.4 Å². The molecule has 2 aromatic carbocycles. The number of nitrogens with one attached hydrogen (secondary N) is 1. The number of aryl methyl sites for hydroxylation is 1. The highest BCUT2D eigenvalue weighted by molar-refractivity contribution is 6.07. The molecule has 7 heteroatoms. The molecule has 1 saturated heterocycles. The Kier molecular flexibility index (Phi) is 6.38. The lowest BCUT2D eigenvalue weighted by Gasteiger charge is -2.20. The van der Waals surface area contributed by atoms with Crippen molar-refractivity contribution in [1.82, 2.24) is 25.0 Å². The number of amides is 1. The van der Waals surface area contributed by atoms with Gasteiger partial charge in [-0.3, -0.25) is 14.4 Å². The van der Waals surface area contributed by atoms with E-state index in [0.29, 0.717) is 24.0 Å². The lowest BCUT2D eigenvalue weighted by molar-refractivity contribution is 0.0936. The van der Waals surface area contributed by atoms with Crippen molar-refractivity contribution >= 4 is 16.8 Å². The van der Waals surface area contributed by atoms with Gasteiger partial charge >= 0.3 is 0 Å². The summed E-state index contributed by atoms with van der Waals surface area (Å²) >= 11 is 0. The Labute approximate surface area is 217 Å². The van der Waals surface area contributed by atoms with Crippen molar-refractivity contribution < 1.29 is 9.53 Å². The zero-order chi connectivity index (χ0) is 25.4. The number of nitrogens with zero attached hydrogens (tertiary/aromatic N) is 4. The third-order valence-electron chi connectivity index (χ3n) is 7.89. The first-order valence-corrected chi connectivity index (χ1v) is 13.2.